The van der Waals surface area contributed by atoms with E-state index in [2.05, 4.69) is 10.0 Å². The lowest BCUT2D eigenvalue weighted by atomic mass is 10.2. The molecule has 0 radical (unpaired) electrons. The summed E-state index contributed by atoms with van der Waals surface area (Å²) in [6.07, 6.45) is 0. The predicted molar refractivity (Wildman–Crippen MR) is 133 cm³/mol. The summed E-state index contributed by atoms with van der Waals surface area (Å²) >= 11 is 0. The topological polar surface area (TPSA) is 129 Å². The van der Waals surface area contributed by atoms with E-state index >= 15 is 0 Å². The summed E-state index contributed by atoms with van der Waals surface area (Å²) in [5.74, 6) is 0.203. The zero-order chi connectivity index (χ0) is 26.1. The third-order valence-electron chi connectivity index (χ3n) is 4.83. The van der Waals surface area contributed by atoms with Crippen LogP contribution in [0.15, 0.2) is 71.6 Å². The number of amides is 1. The molecule has 0 unspecified atom stereocenters. The zero-order valence-corrected chi connectivity index (χ0v) is 20.8. The molecule has 3 rings (SSSR count). The Hall–Kier alpha value is -4.25. The van der Waals surface area contributed by atoms with Crippen LogP contribution in [-0.2, 0) is 19.6 Å². The Morgan fingerprint density at radius 2 is 1.53 bits per heavy atom. The number of rotatable bonds is 11. The van der Waals surface area contributed by atoms with Crippen molar-refractivity contribution < 1.29 is 37.0 Å². The molecule has 0 fully saturated rings. The lowest BCUT2D eigenvalue weighted by Crippen LogP contribution is -2.21. The molecule has 0 saturated carbocycles. The van der Waals surface area contributed by atoms with Crippen LogP contribution in [0.1, 0.15) is 17.3 Å². The third-order valence-corrected chi connectivity index (χ3v) is 6.23. The highest BCUT2D eigenvalue weighted by Gasteiger charge is 2.16. The quantitative estimate of drug-likeness (QED) is 0.371. The number of hydrogen-bond acceptors (Lipinski definition) is 8. The Bertz CT molecular complexity index is 1310. The van der Waals surface area contributed by atoms with E-state index in [9.17, 15) is 18.0 Å². The van der Waals surface area contributed by atoms with E-state index in [4.69, 9.17) is 18.9 Å². The van der Waals surface area contributed by atoms with Gasteiger partial charge < -0.3 is 24.3 Å². The molecule has 0 saturated heterocycles. The van der Waals surface area contributed by atoms with Crippen LogP contribution in [0.3, 0.4) is 0 Å². The van der Waals surface area contributed by atoms with Gasteiger partial charge in [0.05, 0.1) is 37.0 Å². The molecule has 0 atom stereocenters. The normalized spacial score (nSPS) is 10.8. The number of ether oxygens (including phenoxy) is 4. The SMILES string of the molecule is CCOc1ccc(S(=O)(=O)Nc2ccc(C(=O)OCC(=O)Nc3ccc(OC)cc3OC)cc2)cc1. The molecule has 3 aromatic carbocycles. The largest absolute Gasteiger partial charge is 0.497 e. The van der Waals surface area contributed by atoms with Gasteiger partial charge >= 0.3 is 5.97 Å². The van der Waals surface area contributed by atoms with Gasteiger partial charge in [0.15, 0.2) is 6.61 Å². The van der Waals surface area contributed by atoms with Gasteiger partial charge in [-0.2, -0.15) is 0 Å². The molecule has 0 aliphatic rings. The lowest BCUT2D eigenvalue weighted by molar-refractivity contribution is -0.119. The van der Waals surface area contributed by atoms with Gasteiger partial charge in [0.2, 0.25) is 0 Å². The monoisotopic (exact) mass is 514 g/mol. The standard InChI is InChI=1S/C25H26N2O8S/c1-4-34-19-9-12-21(13-10-19)36(30,31)27-18-7-5-17(6-8-18)25(29)35-16-24(28)26-22-14-11-20(32-2)15-23(22)33-3/h5-15,27H,4,16H2,1-3H3,(H,26,28). The minimum Gasteiger partial charge on any atom is -0.497 e. The molecule has 0 aromatic heterocycles. The van der Waals surface area contributed by atoms with Crippen LogP contribution in [0.4, 0.5) is 11.4 Å². The molecule has 10 nitrogen and oxygen atoms in total. The average Bonchev–Trinajstić information content (AvgIpc) is 2.88. The van der Waals surface area contributed by atoms with Crippen LogP contribution in [0.5, 0.6) is 17.2 Å². The van der Waals surface area contributed by atoms with E-state index in [0.717, 1.165) is 0 Å². The summed E-state index contributed by atoms with van der Waals surface area (Å²) in [4.78, 5) is 24.6. The fraction of sp³-hybridized carbons (Fsp3) is 0.200. The van der Waals surface area contributed by atoms with Crippen molar-refractivity contribution in [1.29, 1.82) is 0 Å². The molecule has 190 valence electrons. The van der Waals surface area contributed by atoms with Crippen molar-refractivity contribution in [1.82, 2.24) is 0 Å². The summed E-state index contributed by atoms with van der Waals surface area (Å²) in [7, 11) is -0.872. The van der Waals surface area contributed by atoms with Crippen LogP contribution < -0.4 is 24.2 Å². The number of sulfonamides is 1. The van der Waals surface area contributed by atoms with Gasteiger partial charge in [-0.05, 0) is 67.6 Å². The Balaban J connectivity index is 1.56. The van der Waals surface area contributed by atoms with E-state index < -0.39 is 28.5 Å². The van der Waals surface area contributed by atoms with Crippen molar-refractivity contribution in [3.05, 3.63) is 72.3 Å². The van der Waals surface area contributed by atoms with Crippen LogP contribution in [0.25, 0.3) is 0 Å². The van der Waals surface area contributed by atoms with Crippen LogP contribution in [0, 0.1) is 0 Å². The molecular formula is C25H26N2O8S. The van der Waals surface area contributed by atoms with E-state index in [1.54, 1.807) is 30.3 Å². The third kappa shape index (κ3) is 6.89. The minimum atomic E-state index is -3.83. The highest BCUT2D eigenvalue weighted by atomic mass is 32.2. The second-order valence-electron chi connectivity index (χ2n) is 7.28. The molecule has 11 heteroatoms. The van der Waals surface area contributed by atoms with Crippen LogP contribution in [0.2, 0.25) is 0 Å². The highest BCUT2D eigenvalue weighted by Crippen LogP contribution is 2.29. The van der Waals surface area contributed by atoms with Crippen molar-refractivity contribution in [2.45, 2.75) is 11.8 Å². The van der Waals surface area contributed by atoms with Crippen LogP contribution >= 0.6 is 0 Å². The molecule has 0 heterocycles. The summed E-state index contributed by atoms with van der Waals surface area (Å²) < 4.78 is 48.3. The summed E-state index contributed by atoms with van der Waals surface area (Å²) in [6.45, 7) is 1.78. The predicted octanol–water partition coefficient (Wildman–Crippen LogP) is 3.70. The maximum atomic E-state index is 12.6. The fourth-order valence-electron chi connectivity index (χ4n) is 3.07. The van der Waals surface area contributed by atoms with Crippen molar-refractivity contribution in [2.24, 2.45) is 0 Å². The first-order valence-electron chi connectivity index (χ1n) is 10.8. The van der Waals surface area contributed by atoms with Crippen molar-refractivity contribution in [3.8, 4) is 17.2 Å². The number of nitrogens with one attached hydrogen (secondary N) is 2. The van der Waals surface area contributed by atoms with Crippen molar-refractivity contribution in [3.63, 3.8) is 0 Å². The smallest absolute Gasteiger partial charge is 0.338 e. The fourth-order valence-corrected chi connectivity index (χ4v) is 4.13. The van der Waals surface area contributed by atoms with E-state index in [1.165, 1.54) is 50.6 Å². The molecule has 0 spiro atoms. The second-order valence-corrected chi connectivity index (χ2v) is 8.96. The van der Waals surface area contributed by atoms with Gasteiger partial charge in [-0.1, -0.05) is 0 Å². The van der Waals surface area contributed by atoms with Gasteiger partial charge in [0.25, 0.3) is 15.9 Å². The molecule has 3 aromatic rings. The minimum absolute atomic E-state index is 0.0638. The first-order valence-corrected chi connectivity index (χ1v) is 12.3. The first kappa shape index (κ1) is 26.4. The summed E-state index contributed by atoms with van der Waals surface area (Å²) in [5.41, 5.74) is 0.794. The van der Waals surface area contributed by atoms with Gasteiger partial charge in [-0.3, -0.25) is 9.52 Å². The zero-order valence-electron chi connectivity index (χ0n) is 19.9. The van der Waals surface area contributed by atoms with Crippen molar-refractivity contribution in [2.75, 3.05) is 37.5 Å². The number of anilines is 2. The lowest BCUT2D eigenvalue weighted by Gasteiger charge is -2.12. The summed E-state index contributed by atoms with van der Waals surface area (Å²) in [6, 6.07) is 16.5. The highest BCUT2D eigenvalue weighted by molar-refractivity contribution is 7.92. The van der Waals surface area contributed by atoms with Gasteiger partial charge in [-0.15, -0.1) is 0 Å². The number of carbonyl (C=O) groups excluding carboxylic acids is 2. The van der Waals surface area contributed by atoms with E-state index in [0.29, 0.717) is 29.5 Å². The maximum Gasteiger partial charge on any atom is 0.338 e. The molecule has 0 aliphatic carbocycles. The number of methoxy groups -OCH3 is 2. The van der Waals surface area contributed by atoms with E-state index in [-0.39, 0.29) is 16.1 Å². The van der Waals surface area contributed by atoms with Gasteiger partial charge in [0, 0.05) is 11.8 Å². The van der Waals surface area contributed by atoms with Gasteiger partial charge in [0.1, 0.15) is 17.2 Å². The molecule has 0 aliphatic heterocycles. The van der Waals surface area contributed by atoms with Crippen molar-refractivity contribution >= 4 is 33.3 Å². The Morgan fingerprint density at radius 1 is 0.861 bits per heavy atom. The Labute approximate surface area is 209 Å². The maximum absolute atomic E-state index is 12.6. The number of carbonyl (C=O) groups is 2. The number of hydrogen-bond donors (Lipinski definition) is 2. The molecule has 1 amide bonds. The second kappa shape index (κ2) is 11.9. The van der Waals surface area contributed by atoms with E-state index in [1.807, 2.05) is 6.92 Å². The number of esters is 1. The average molecular weight is 515 g/mol. The first-order chi connectivity index (χ1) is 17.2. The summed E-state index contributed by atoms with van der Waals surface area (Å²) in [5, 5.41) is 2.60. The van der Waals surface area contributed by atoms with Gasteiger partial charge in [-0.25, -0.2) is 13.2 Å². The Kier molecular flexibility index (Phi) is 8.74. The molecule has 36 heavy (non-hydrogen) atoms. The Morgan fingerprint density at radius 3 is 2.14 bits per heavy atom. The molecule has 0 bridgehead atoms. The number of benzene rings is 3. The molecule has 2 N–H and O–H groups in total. The molecular weight excluding hydrogens is 488 g/mol. The van der Waals surface area contributed by atoms with Crippen LogP contribution in [-0.4, -0.2) is 47.7 Å².